The molecule has 0 saturated carbocycles. The molecule has 5 rings (SSSR count). The van der Waals surface area contributed by atoms with E-state index in [1.165, 1.54) is 12.8 Å². The minimum absolute atomic E-state index is 0.139. The van der Waals surface area contributed by atoms with Gasteiger partial charge in [-0.2, -0.15) is 0 Å². The fourth-order valence-electron chi connectivity index (χ4n) is 4.80. The molecule has 0 bridgehead atoms. The summed E-state index contributed by atoms with van der Waals surface area (Å²) in [6, 6.07) is 15.1. The first-order valence-corrected chi connectivity index (χ1v) is 11.5. The van der Waals surface area contributed by atoms with Gasteiger partial charge in [0.15, 0.2) is 0 Å². The Morgan fingerprint density at radius 1 is 1.03 bits per heavy atom. The van der Waals surface area contributed by atoms with Gasteiger partial charge in [0.25, 0.3) is 0 Å². The molecule has 168 valence electrons. The number of nitrogens with zero attached hydrogens (tertiary/aromatic N) is 1. The Morgan fingerprint density at radius 2 is 1.81 bits per heavy atom. The molecule has 2 saturated heterocycles. The summed E-state index contributed by atoms with van der Waals surface area (Å²) in [6.07, 6.45) is 2.39. The number of likely N-dealkylation sites (tertiary alicyclic amines) is 1. The van der Waals surface area contributed by atoms with Crippen molar-refractivity contribution >= 4 is 22.1 Å². The highest BCUT2D eigenvalue weighted by Crippen LogP contribution is 2.38. The zero-order chi connectivity index (χ0) is 22.1. The van der Waals surface area contributed by atoms with Gasteiger partial charge in [-0.15, -0.1) is 0 Å². The van der Waals surface area contributed by atoms with Gasteiger partial charge in [-0.25, -0.2) is 4.39 Å². The summed E-state index contributed by atoms with van der Waals surface area (Å²) in [5, 5.41) is 22.4. The van der Waals surface area contributed by atoms with E-state index in [0.717, 1.165) is 54.9 Å². The molecule has 5 nitrogen and oxygen atoms in total. The summed E-state index contributed by atoms with van der Waals surface area (Å²) >= 11 is 0. The van der Waals surface area contributed by atoms with Gasteiger partial charge >= 0.3 is 0 Å². The molecule has 4 N–H and O–H groups in total. The molecule has 2 heterocycles. The van der Waals surface area contributed by atoms with E-state index in [0.29, 0.717) is 23.1 Å². The number of rotatable bonds is 7. The number of likely N-dealkylation sites (N-methyl/N-ethyl adjacent to an activating group) is 1. The van der Waals surface area contributed by atoms with Gasteiger partial charge in [0.2, 0.25) is 0 Å². The van der Waals surface area contributed by atoms with E-state index >= 15 is 4.39 Å². The Kier molecular flexibility index (Phi) is 5.89. The van der Waals surface area contributed by atoms with Crippen LogP contribution in [0.25, 0.3) is 21.9 Å². The number of phenols is 1. The van der Waals surface area contributed by atoms with Crippen molar-refractivity contribution in [1.29, 1.82) is 0 Å². The van der Waals surface area contributed by atoms with Crippen molar-refractivity contribution in [3.05, 3.63) is 54.3 Å². The quantitative estimate of drug-likeness (QED) is 0.442. The van der Waals surface area contributed by atoms with Crippen molar-refractivity contribution in [2.24, 2.45) is 5.92 Å². The molecule has 0 aliphatic carbocycles. The molecule has 0 aromatic heterocycles. The van der Waals surface area contributed by atoms with Gasteiger partial charge in [-0.05, 0) is 67.0 Å². The number of nitrogens with one attached hydrogen (secondary N) is 3. The molecule has 6 heteroatoms. The zero-order valence-corrected chi connectivity index (χ0v) is 18.5. The van der Waals surface area contributed by atoms with Crippen molar-refractivity contribution < 1.29 is 9.50 Å². The van der Waals surface area contributed by atoms with Gasteiger partial charge in [-0.3, -0.25) is 0 Å². The predicted molar refractivity (Wildman–Crippen MR) is 130 cm³/mol. The third-order valence-electron chi connectivity index (χ3n) is 6.89. The van der Waals surface area contributed by atoms with Gasteiger partial charge in [0.1, 0.15) is 11.6 Å². The highest BCUT2D eigenvalue weighted by Gasteiger charge is 2.22. The van der Waals surface area contributed by atoms with Gasteiger partial charge in [0.05, 0.1) is 11.4 Å². The third kappa shape index (κ3) is 4.25. The van der Waals surface area contributed by atoms with Crippen LogP contribution in [0.5, 0.6) is 5.75 Å². The minimum Gasteiger partial charge on any atom is -0.508 e. The molecular weight excluding hydrogens is 403 g/mol. The topological polar surface area (TPSA) is 59.6 Å². The summed E-state index contributed by atoms with van der Waals surface area (Å²) < 4.78 is 15.4. The van der Waals surface area contributed by atoms with Crippen LogP contribution in [0.3, 0.4) is 0 Å². The van der Waals surface area contributed by atoms with Crippen LogP contribution in [0.15, 0.2) is 48.5 Å². The first-order chi connectivity index (χ1) is 15.6. The van der Waals surface area contributed by atoms with Crippen LogP contribution in [0.1, 0.15) is 12.8 Å². The minimum atomic E-state index is -0.293. The maximum Gasteiger partial charge on any atom is 0.133 e. The van der Waals surface area contributed by atoms with E-state index in [9.17, 15) is 5.11 Å². The third-order valence-corrected chi connectivity index (χ3v) is 6.89. The Hall–Kier alpha value is -2.83. The van der Waals surface area contributed by atoms with Crippen molar-refractivity contribution in [3.63, 3.8) is 0 Å². The number of hydrogen-bond acceptors (Lipinski definition) is 5. The van der Waals surface area contributed by atoms with Crippen LogP contribution in [-0.2, 0) is 0 Å². The van der Waals surface area contributed by atoms with Crippen LogP contribution in [0.2, 0.25) is 0 Å². The first-order valence-electron chi connectivity index (χ1n) is 11.5. The molecule has 32 heavy (non-hydrogen) atoms. The van der Waals surface area contributed by atoms with Gasteiger partial charge in [0, 0.05) is 43.7 Å². The van der Waals surface area contributed by atoms with E-state index in [-0.39, 0.29) is 11.6 Å². The monoisotopic (exact) mass is 434 g/mol. The fraction of sp³-hybridized carbons (Fsp3) is 0.385. The molecule has 3 aromatic carbocycles. The highest BCUT2D eigenvalue weighted by atomic mass is 19.1. The summed E-state index contributed by atoms with van der Waals surface area (Å²) in [7, 11) is 2.16. The molecule has 2 aliphatic rings. The van der Waals surface area contributed by atoms with Crippen molar-refractivity contribution in [2.45, 2.75) is 18.9 Å². The molecule has 0 amide bonds. The largest absolute Gasteiger partial charge is 0.508 e. The zero-order valence-electron chi connectivity index (χ0n) is 18.5. The number of phenolic OH excluding ortho intramolecular Hbond substituents is 1. The maximum atomic E-state index is 15.4. The molecule has 3 aromatic rings. The number of hydrogen-bond donors (Lipinski definition) is 4. The number of anilines is 2. The molecular formula is C26H31FN4O. The van der Waals surface area contributed by atoms with Crippen LogP contribution in [0.4, 0.5) is 15.8 Å². The van der Waals surface area contributed by atoms with E-state index in [1.807, 2.05) is 30.3 Å². The van der Waals surface area contributed by atoms with Crippen molar-refractivity contribution in [1.82, 2.24) is 10.2 Å². The lowest BCUT2D eigenvalue weighted by Gasteiger charge is -2.28. The van der Waals surface area contributed by atoms with E-state index in [2.05, 4.69) is 27.9 Å². The molecule has 2 fully saturated rings. The van der Waals surface area contributed by atoms with Crippen molar-refractivity contribution in [3.8, 4) is 16.9 Å². The number of aromatic hydroxyl groups is 1. The summed E-state index contributed by atoms with van der Waals surface area (Å²) in [4.78, 5) is 2.38. The van der Waals surface area contributed by atoms with Crippen LogP contribution in [-0.4, -0.2) is 55.8 Å². The van der Waals surface area contributed by atoms with Gasteiger partial charge < -0.3 is 26.0 Å². The second-order valence-electron chi connectivity index (χ2n) is 9.15. The molecule has 1 atom stereocenters. The number of fused-ring (bicyclic) bond motifs is 1. The predicted octanol–water partition coefficient (Wildman–Crippen LogP) is 4.49. The average Bonchev–Trinajstić information content (AvgIpc) is 3.16. The standard InChI is InChI=1S/C26H31FN4O/c1-31-8-4-6-19(31)16-30-25-11-23(24(27)12-26(25)29-15-17-13-28-14-17)22-10-20(32)9-18-5-2-3-7-21(18)22/h2-3,5,7,9-12,17,19,28-30,32H,4,6,8,13-16H2,1H3/t19-/m0/s1. The van der Waals surface area contributed by atoms with Gasteiger partial charge in [-0.1, -0.05) is 24.3 Å². The molecule has 2 aliphatic heterocycles. The van der Waals surface area contributed by atoms with Crippen molar-refractivity contribution in [2.75, 3.05) is 50.4 Å². The first kappa shape index (κ1) is 21.0. The Balaban J connectivity index is 1.51. The van der Waals surface area contributed by atoms with Crippen LogP contribution >= 0.6 is 0 Å². The average molecular weight is 435 g/mol. The highest BCUT2D eigenvalue weighted by molar-refractivity contribution is 5.99. The lowest BCUT2D eigenvalue weighted by Crippen LogP contribution is -2.45. The Labute approximate surface area is 188 Å². The lowest BCUT2D eigenvalue weighted by atomic mass is 9.96. The summed E-state index contributed by atoms with van der Waals surface area (Å²) in [5.41, 5.74) is 2.90. The summed E-state index contributed by atoms with van der Waals surface area (Å²) in [6.45, 7) is 4.76. The second kappa shape index (κ2) is 8.96. The van der Waals surface area contributed by atoms with Crippen LogP contribution in [0, 0.1) is 11.7 Å². The summed E-state index contributed by atoms with van der Waals surface area (Å²) in [5.74, 6) is 0.417. The fourth-order valence-corrected chi connectivity index (χ4v) is 4.80. The maximum absolute atomic E-state index is 15.4. The van der Waals surface area contributed by atoms with E-state index < -0.39 is 0 Å². The van der Waals surface area contributed by atoms with E-state index in [1.54, 1.807) is 18.2 Å². The smallest absolute Gasteiger partial charge is 0.133 e. The number of benzene rings is 3. The van der Waals surface area contributed by atoms with E-state index in [4.69, 9.17) is 0 Å². The second-order valence-corrected chi connectivity index (χ2v) is 9.15. The molecule has 0 radical (unpaired) electrons. The number of halogens is 1. The Morgan fingerprint density at radius 3 is 2.56 bits per heavy atom. The molecule has 0 spiro atoms. The Bertz CT molecular complexity index is 1110. The molecule has 0 unspecified atom stereocenters. The lowest BCUT2D eigenvalue weighted by molar-refractivity contribution is 0.322. The van der Waals surface area contributed by atoms with Crippen LogP contribution < -0.4 is 16.0 Å². The normalized spacial score (nSPS) is 19.2. The SMILES string of the molecule is CN1CCC[C@H]1CNc1cc(-c2cc(O)cc3ccccc23)c(F)cc1NCC1CNC1.